The smallest absolute Gasteiger partial charge is 0.187 e. The maximum Gasteiger partial charge on any atom is 0.187 e. The molecule has 14 heteroatoms. The van der Waals surface area contributed by atoms with Crippen molar-refractivity contribution >= 4 is 0 Å². The Morgan fingerprint density at radius 2 is 1.16 bits per heavy atom. The van der Waals surface area contributed by atoms with E-state index in [4.69, 9.17) is 36.1 Å². The van der Waals surface area contributed by atoms with Crippen LogP contribution >= 0.6 is 0 Å². The van der Waals surface area contributed by atoms with Gasteiger partial charge < -0.3 is 71.9 Å². The molecule has 182 valence electrons. The number of hydrogen-bond acceptors (Lipinski definition) is 14. The third-order valence-electron chi connectivity index (χ3n) is 6.07. The highest BCUT2D eigenvalue weighted by molar-refractivity contribution is 5.01. The normalized spacial score (nSPS) is 53.6. The Morgan fingerprint density at radius 1 is 0.645 bits per heavy atom. The molecule has 2 aliphatic heterocycles. The number of aliphatic hydroxyl groups is 7. The molecule has 0 aromatic rings. The molecule has 1 saturated carbocycles. The first kappa shape index (κ1) is 25.1. The van der Waals surface area contributed by atoms with Crippen LogP contribution in [-0.4, -0.2) is 135 Å². The van der Waals surface area contributed by atoms with Crippen LogP contribution in [0.15, 0.2) is 0 Å². The second-order valence-corrected chi connectivity index (χ2v) is 8.25. The van der Waals surface area contributed by atoms with Crippen LogP contribution in [0.4, 0.5) is 0 Å². The van der Waals surface area contributed by atoms with E-state index in [9.17, 15) is 35.7 Å². The van der Waals surface area contributed by atoms with Crippen molar-refractivity contribution in [2.45, 2.75) is 92.1 Å². The zero-order valence-corrected chi connectivity index (χ0v) is 16.7. The number of hydrogen-bond donors (Lipinski definition) is 10. The highest BCUT2D eigenvalue weighted by Gasteiger charge is 2.52. The summed E-state index contributed by atoms with van der Waals surface area (Å²) >= 11 is 0. The van der Waals surface area contributed by atoms with Crippen LogP contribution in [-0.2, 0) is 18.9 Å². The van der Waals surface area contributed by atoms with Gasteiger partial charge in [-0.1, -0.05) is 0 Å². The van der Waals surface area contributed by atoms with E-state index in [1.807, 2.05) is 0 Å². The van der Waals surface area contributed by atoms with Gasteiger partial charge in [0.25, 0.3) is 0 Å². The first-order chi connectivity index (χ1) is 14.6. The lowest BCUT2D eigenvalue weighted by atomic mass is 9.84. The summed E-state index contributed by atoms with van der Waals surface area (Å²) in [5.41, 5.74) is 18.0. The van der Waals surface area contributed by atoms with Crippen molar-refractivity contribution in [3.8, 4) is 0 Å². The molecule has 0 spiro atoms. The first-order valence-corrected chi connectivity index (χ1v) is 10.1. The molecule has 3 aliphatic rings. The fourth-order valence-electron chi connectivity index (χ4n) is 4.12. The van der Waals surface area contributed by atoms with E-state index < -0.39 is 98.9 Å². The van der Waals surface area contributed by atoms with Gasteiger partial charge in [-0.2, -0.15) is 0 Å². The fraction of sp³-hybridized carbons (Fsp3) is 1.00. The van der Waals surface area contributed by atoms with Crippen molar-refractivity contribution in [3.63, 3.8) is 0 Å². The molecule has 0 amide bonds. The second kappa shape index (κ2) is 10.1. The Bertz CT molecular complexity index is 590. The van der Waals surface area contributed by atoms with Gasteiger partial charge in [-0.25, -0.2) is 0 Å². The molecule has 0 bridgehead atoms. The van der Waals surface area contributed by atoms with Crippen LogP contribution in [0.2, 0.25) is 0 Å². The number of rotatable bonds is 6. The topological polar surface area (TPSA) is 257 Å². The molecule has 2 heterocycles. The zero-order valence-electron chi connectivity index (χ0n) is 16.7. The third-order valence-corrected chi connectivity index (χ3v) is 6.07. The van der Waals surface area contributed by atoms with E-state index in [1.165, 1.54) is 0 Å². The minimum atomic E-state index is -1.52. The molecular formula is C17H33N3O11. The van der Waals surface area contributed by atoms with Crippen molar-refractivity contribution in [2.75, 3.05) is 13.2 Å². The monoisotopic (exact) mass is 455 g/mol. The van der Waals surface area contributed by atoms with Crippen molar-refractivity contribution in [1.29, 1.82) is 0 Å². The van der Waals surface area contributed by atoms with Crippen molar-refractivity contribution in [1.82, 2.24) is 0 Å². The molecule has 8 unspecified atom stereocenters. The molecule has 13 N–H and O–H groups in total. The summed E-state index contributed by atoms with van der Waals surface area (Å²) in [5.74, 6) is 0. The van der Waals surface area contributed by atoms with Gasteiger partial charge in [0.15, 0.2) is 12.6 Å². The maximum absolute atomic E-state index is 10.6. The molecule has 0 aromatic heterocycles. The van der Waals surface area contributed by atoms with E-state index in [1.54, 1.807) is 0 Å². The maximum atomic E-state index is 10.6. The lowest BCUT2D eigenvalue weighted by Crippen LogP contribution is -2.68. The average Bonchev–Trinajstić information content (AvgIpc) is 3.02. The summed E-state index contributed by atoms with van der Waals surface area (Å²) < 4.78 is 22.2. The predicted octanol–water partition coefficient (Wildman–Crippen LogP) is -6.62. The Kier molecular flexibility index (Phi) is 8.21. The van der Waals surface area contributed by atoms with Gasteiger partial charge in [-0.3, -0.25) is 0 Å². The summed E-state index contributed by atoms with van der Waals surface area (Å²) in [4.78, 5) is 0. The molecule has 2 saturated heterocycles. The second-order valence-electron chi connectivity index (χ2n) is 8.25. The minimum absolute atomic E-state index is 0.123. The summed E-state index contributed by atoms with van der Waals surface area (Å²) in [6.07, 6.45) is -14.5. The molecule has 0 aromatic carbocycles. The Labute approximate surface area is 178 Å². The summed E-state index contributed by atoms with van der Waals surface area (Å²) in [7, 11) is 0. The van der Waals surface area contributed by atoms with Gasteiger partial charge in [-0.15, -0.1) is 0 Å². The lowest BCUT2D eigenvalue weighted by molar-refractivity contribution is -0.310. The van der Waals surface area contributed by atoms with E-state index in [0.717, 1.165) is 0 Å². The standard InChI is InChI=1S/C17H33N3O11/c18-4-1-5(19)14(30-16-8(20)12(26)10(24)6(2-21)28-16)15(9(4)23)31-17-13(27)11(25)7(3-22)29-17/h4-17,21-27H,1-3,18-20H2/t4-,5?,6?,7-,8?,9?,10-,11?,12?,13?,14+,15?,16-,17+/m1/s1. The van der Waals surface area contributed by atoms with Crippen LogP contribution in [0.1, 0.15) is 6.42 Å². The van der Waals surface area contributed by atoms with Gasteiger partial charge in [0, 0.05) is 12.1 Å². The molecular weight excluding hydrogens is 422 g/mol. The lowest BCUT2D eigenvalue weighted by Gasteiger charge is -2.47. The van der Waals surface area contributed by atoms with Gasteiger partial charge in [0.05, 0.1) is 25.4 Å². The number of aliphatic hydroxyl groups excluding tert-OH is 7. The van der Waals surface area contributed by atoms with E-state index >= 15 is 0 Å². The van der Waals surface area contributed by atoms with Gasteiger partial charge in [-0.05, 0) is 6.42 Å². The Morgan fingerprint density at radius 3 is 1.74 bits per heavy atom. The highest BCUT2D eigenvalue weighted by atomic mass is 16.7. The molecule has 31 heavy (non-hydrogen) atoms. The summed E-state index contributed by atoms with van der Waals surface area (Å²) in [6, 6.07) is -2.82. The van der Waals surface area contributed by atoms with Crippen LogP contribution in [0.3, 0.4) is 0 Å². The summed E-state index contributed by atoms with van der Waals surface area (Å²) in [6.45, 7) is -1.19. The van der Waals surface area contributed by atoms with Gasteiger partial charge in [0.2, 0.25) is 0 Å². The van der Waals surface area contributed by atoms with Crippen molar-refractivity contribution in [2.24, 2.45) is 17.2 Å². The third kappa shape index (κ3) is 4.87. The quantitative estimate of drug-likeness (QED) is 0.179. The number of nitrogens with two attached hydrogens (primary N) is 3. The molecule has 3 rings (SSSR count). The van der Waals surface area contributed by atoms with Crippen LogP contribution in [0.25, 0.3) is 0 Å². The minimum Gasteiger partial charge on any atom is -0.394 e. The fourth-order valence-corrected chi connectivity index (χ4v) is 4.12. The molecule has 0 radical (unpaired) electrons. The molecule has 14 atom stereocenters. The Balaban J connectivity index is 1.78. The van der Waals surface area contributed by atoms with Crippen LogP contribution in [0, 0.1) is 0 Å². The van der Waals surface area contributed by atoms with E-state index in [-0.39, 0.29) is 6.42 Å². The molecule has 14 nitrogen and oxygen atoms in total. The SMILES string of the molecule is NC1C(O)[C@H](O)C(CO)O[C@@H]1O[C@H]1C(N)C[C@@H](N)C(O)C1O[C@@H]1O[C@H](CO)C(O)C1O. The van der Waals surface area contributed by atoms with Crippen LogP contribution < -0.4 is 17.2 Å². The van der Waals surface area contributed by atoms with Gasteiger partial charge in [0.1, 0.15) is 48.8 Å². The first-order valence-electron chi connectivity index (χ1n) is 10.1. The van der Waals surface area contributed by atoms with Gasteiger partial charge >= 0.3 is 0 Å². The summed E-state index contributed by atoms with van der Waals surface area (Å²) in [5, 5.41) is 69.4. The van der Waals surface area contributed by atoms with Crippen LogP contribution in [0.5, 0.6) is 0 Å². The predicted molar refractivity (Wildman–Crippen MR) is 99.8 cm³/mol. The number of ether oxygens (including phenoxy) is 4. The highest BCUT2D eigenvalue weighted by Crippen LogP contribution is 2.32. The van der Waals surface area contributed by atoms with E-state index in [2.05, 4.69) is 0 Å². The zero-order chi connectivity index (χ0) is 23.0. The van der Waals surface area contributed by atoms with E-state index in [0.29, 0.717) is 0 Å². The molecule has 1 aliphatic carbocycles. The average molecular weight is 455 g/mol. The largest absolute Gasteiger partial charge is 0.394 e. The molecule has 3 fully saturated rings. The van der Waals surface area contributed by atoms with Crippen molar-refractivity contribution < 1.29 is 54.7 Å². The Hall–Kier alpha value is -0.560. The van der Waals surface area contributed by atoms with Crippen molar-refractivity contribution in [3.05, 3.63) is 0 Å².